The van der Waals surface area contributed by atoms with E-state index in [0.717, 1.165) is 17.3 Å². The zero-order valence-electron chi connectivity index (χ0n) is 7.53. The number of rotatable bonds is 0. The second-order valence-electron chi connectivity index (χ2n) is 3.59. The molecule has 1 aromatic heterocycles. The van der Waals surface area contributed by atoms with Crippen molar-refractivity contribution in [2.24, 2.45) is 0 Å². The smallest absolute Gasteiger partial charge is 0.293 e. The molecule has 0 saturated heterocycles. The molecule has 1 N–H and O–H groups in total. The van der Waals surface area contributed by atoms with Gasteiger partial charge in [0.2, 0.25) is 0 Å². The molecule has 0 atom stereocenters. The summed E-state index contributed by atoms with van der Waals surface area (Å²) >= 11 is 0. The summed E-state index contributed by atoms with van der Waals surface area (Å²) in [6, 6.07) is 7.45. The van der Waals surface area contributed by atoms with Crippen LogP contribution >= 0.6 is 0 Å². The second-order valence-corrected chi connectivity index (χ2v) is 3.59. The standard InChI is InChI=1S/C11H9NO2/c13-9-6-8-3-1-2-7-4-5-12(10(7)8)11(9)14/h1-3,6,13H,4-5H2. The van der Waals surface area contributed by atoms with E-state index in [1.807, 2.05) is 18.2 Å². The third-order valence-electron chi connectivity index (χ3n) is 2.78. The first-order valence-corrected chi connectivity index (χ1v) is 4.62. The maximum absolute atomic E-state index is 11.6. The lowest BCUT2D eigenvalue weighted by Gasteiger charge is -2.03. The first-order chi connectivity index (χ1) is 6.77. The largest absolute Gasteiger partial charge is 0.503 e. The highest BCUT2D eigenvalue weighted by molar-refractivity contribution is 5.84. The zero-order valence-corrected chi connectivity index (χ0v) is 7.53. The summed E-state index contributed by atoms with van der Waals surface area (Å²) in [6.45, 7) is 0.684. The number of benzene rings is 1. The van der Waals surface area contributed by atoms with Crippen LogP contribution in [0.25, 0.3) is 10.9 Å². The SMILES string of the molecule is O=c1c(O)cc2cccc3c2n1CC3. The average molecular weight is 187 g/mol. The molecule has 2 aromatic rings. The lowest BCUT2D eigenvalue weighted by molar-refractivity contribution is 0.461. The van der Waals surface area contributed by atoms with Crippen LogP contribution in [0.3, 0.4) is 0 Å². The van der Waals surface area contributed by atoms with Gasteiger partial charge in [-0.25, -0.2) is 0 Å². The number of aromatic hydroxyl groups is 1. The molecule has 1 aliphatic heterocycles. The van der Waals surface area contributed by atoms with Crippen LogP contribution in [0.4, 0.5) is 0 Å². The van der Waals surface area contributed by atoms with E-state index in [4.69, 9.17) is 0 Å². The molecular formula is C11H9NO2. The second kappa shape index (κ2) is 2.38. The molecule has 1 aromatic carbocycles. The fraction of sp³-hybridized carbons (Fsp3) is 0.182. The summed E-state index contributed by atoms with van der Waals surface area (Å²) in [5, 5.41) is 10.4. The molecule has 0 spiro atoms. The van der Waals surface area contributed by atoms with Crippen LogP contribution < -0.4 is 5.56 Å². The predicted molar refractivity (Wildman–Crippen MR) is 53.6 cm³/mol. The Morgan fingerprint density at radius 3 is 3.07 bits per heavy atom. The first-order valence-electron chi connectivity index (χ1n) is 4.62. The van der Waals surface area contributed by atoms with Gasteiger partial charge in [-0.15, -0.1) is 0 Å². The number of para-hydroxylation sites is 1. The van der Waals surface area contributed by atoms with Gasteiger partial charge in [0.15, 0.2) is 5.75 Å². The zero-order chi connectivity index (χ0) is 9.71. The fourth-order valence-corrected chi connectivity index (χ4v) is 2.15. The van der Waals surface area contributed by atoms with Crippen molar-refractivity contribution >= 4 is 10.9 Å². The molecule has 2 heterocycles. The van der Waals surface area contributed by atoms with E-state index >= 15 is 0 Å². The van der Waals surface area contributed by atoms with Crippen molar-refractivity contribution in [3.63, 3.8) is 0 Å². The summed E-state index contributed by atoms with van der Waals surface area (Å²) in [4.78, 5) is 11.6. The van der Waals surface area contributed by atoms with Gasteiger partial charge in [-0.3, -0.25) is 4.79 Å². The van der Waals surface area contributed by atoms with Gasteiger partial charge in [0.05, 0.1) is 5.52 Å². The Morgan fingerprint density at radius 2 is 2.21 bits per heavy atom. The van der Waals surface area contributed by atoms with E-state index in [0.29, 0.717) is 6.54 Å². The number of aromatic nitrogens is 1. The Hall–Kier alpha value is -1.77. The molecule has 3 rings (SSSR count). The Kier molecular flexibility index (Phi) is 1.29. The third-order valence-corrected chi connectivity index (χ3v) is 2.78. The van der Waals surface area contributed by atoms with Crippen molar-refractivity contribution in [1.29, 1.82) is 0 Å². The van der Waals surface area contributed by atoms with E-state index in [-0.39, 0.29) is 11.3 Å². The average Bonchev–Trinajstić information content (AvgIpc) is 2.60. The van der Waals surface area contributed by atoms with Crippen molar-refractivity contribution in [1.82, 2.24) is 4.57 Å². The Balaban J connectivity index is 2.62. The minimum atomic E-state index is -0.276. The Morgan fingerprint density at radius 1 is 1.36 bits per heavy atom. The molecule has 0 unspecified atom stereocenters. The van der Waals surface area contributed by atoms with Crippen LogP contribution in [0.15, 0.2) is 29.1 Å². The van der Waals surface area contributed by atoms with Gasteiger partial charge >= 0.3 is 0 Å². The summed E-state index contributed by atoms with van der Waals surface area (Å²) in [6.07, 6.45) is 0.885. The molecular weight excluding hydrogens is 178 g/mol. The van der Waals surface area contributed by atoms with Gasteiger partial charge in [-0.05, 0) is 18.1 Å². The molecule has 1 aliphatic rings. The lowest BCUT2D eigenvalue weighted by atomic mass is 10.1. The van der Waals surface area contributed by atoms with Crippen LogP contribution in [0.1, 0.15) is 5.56 Å². The molecule has 14 heavy (non-hydrogen) atoms. The maximum atomic E-state index is 11.6. The van der Waals surface area contributed by atoms with Crippen molar-refractivity contribution in [3.05, 3.63) is 40.2 Å². The van der Waals surface area contributed by atoms with Crippen molar-refractivity contribution in [2.75, 3.05) is 0 Å². The maximum Gasteiger partial charge on any atom is 0.293 e. The number of nitrogens with zero attached hydrogens (tertiary/aromatic N) is 1. The molecule has 70 valence electrons. The van der Waals surface area contributed by atoms with Gasteiger partial charge < -0.3 is 9.67 Å². The summed E-state index contributed by atoms with van der Waals surface area (Å²) in [5.41, 5.74) is 1.90. The number of aryl methyl sites for hydroxylation is 2. The Bertz CT molecular complexity index is 584. The molecule has 0 radical (unpaired) electrons. The summed E-state index contributed by atoms with van der Waals surface area (Å²) in [7, 11) is 0. The monoisotopic (exact) mass is 187 g/mol. The van der Waals surface area contributed by atoms with Gasteiger partial charge in [0.1, 0.15) is 0 Å². The molecule has 3 heteroatoms. The quantitative estimate of drug-likeness (QED) is 0.674. The third kappa shape index (κ3) is 0.789. The minimum absolute atomic E-state index is 0.156. The topological polar surface area (TPSA) is 42.2 Å². The highest BCUT2D eigenvalue weighted by Gasteiger charge is 2.16. The fourth-order valence-electron chi connectivity index (χ4n) is 2.15. The van der Waals surface area contributed by atoms with Crippen LogP contribution in [-0.2, 0) is 13.0 Å². The number of hydrogen-bond donors (Lipinski definition) is 1. The van der Waals surface area contributed by atoms with Crippen LogP contribution in [-0.4, -0.2) is 9.67 Å². The van der Waals surface area contributed by atoms with Crippen molar-refractivity contribution in [3.8, 4) is 5.75 Å². The molecule has 0 fully saturated rings. The minimum Gasteiger partial charge on any atom is -0.503 e. The molecule has 0 bridgehead atoms. The normalized spacial score (nSPS) is 13.7. The number of hydrogen-bond acceptors (Lipinski definition) is 2. The van der Waals surface area contributed by atoms with Gasteiger partial charge in [0.25, 0.3) is 5.56 Å². The van der Waals surface area contributed by atoms with Gasteiger partial charge in [0, 0.05) is 11.9 Å². The van der Waals surface area contributed by atoms with E-state index in [9.17, 15) is 9.90 Å². The van der Waals surface area contributed by atoms with Gasteiger partial charge in [-0.2, -0.15) is 0 Å². The highest BCUT2D eigenvalue weighted by atomic mass is 16.3. The summed E-state index contributed by atoms with van der Waals surface area (Å²) in [5.74, 6) is -0.156. The van der Waals surface area contributed by atoms with Crippen LogP contribution in [0.2, 0.25) is 0 Å². The predicted octanol–water partition coefficient (Wildman–Crippen LogP) is 1.26. The molecule has 3 nitrogen and oxygen atoms in total. The summed E-state index contributed by atoms with van der Waals surface area (Å²) < 4.78 is 1.65. The van der Waals surface area contributed by atoms with Crippen molar-refractivity contribution in [2.45, 2.75) is 13.0 Å². The van der Waals surface area contributed by atoms with Crippen LogP contribution in [0.5, 0.6) is 5.75 Å². The van der Waals surface area contributed by atoms with E-state index < -0.39 is 0 Å². The van der Waals surface area contributed by atoms with Crippen LogP contribution in [0, 0.1) is 0 Å². The van der Waals surface area contributed by atoms with Gasteiger partial charge in [-0.1, -0.05) is 18.2 Å². The molecule has 0 amide bonds. The molecule has 0 aliphatic carbocycles. The van der Waals surface area contributed by atoms with E-state index in [1.165, 1.54) is 5.56 Å². The lowest BCUT2D eigenvalue weighted by Crippen LogP contribution is -2.17. The Labute approximate surface area is 80.2 Å². The van der Waals surface area contributed by atoms with E-state index in [2.05, 4.69) is 0 Å². The number of pyridine rings is 1. The van der Waals surface area contributed by atoms with E-state index in [1.54, 1.807) is 10.6 Å². The highest BCUT2D eigenvalue weighted by Crippen LogP contribution is 2.25. The molecule has 0 saturated carbocycles. The first kappa shape index (κ1) is 7.62. The van der Waals surface area contributed by atoms with Crippen molar-refractivity contribution < 1.29 is 5.11 Å².